The fourth-order valence-electron chi connectivity index (χ4n) is 2.34. The summed E-state index contributed by atoms with van der Waals surface area (Å²) in [5.74, 6) is 0.639. The van der Waals surface area contributed by atoms with Crippen LogP contribution in [0.1, 0.15) is 38.4 Å². The Kier molecular flexibility index (Phi) is 3.74. The summed E-state index contributed by atoms with van der Waals surface area (Å²) in [5.41, 5.74) is -0.698. The van der Waals surface area contributed by atoms with E-state index in [1.54, 1.807) is 0 Å². The number of aromatic nitrogens is 2. The summed E-state index contributed by atoms with van der Waals surface area (Å²) in [5, 5.41) is 9.49. The van der Waals surface area contributed by atoms with Gasteiger partial charge in [-0.1, -0.05) is 19.8 Å². The lowest BCUT2D eigenvalue weighted by Crippen LogP contribution is -2.49. The molecule has 0 amide bonds. The first-order chi connectivity index (χ1) is 8.51. The van der Waals surface area contributed by atoms with E-state index in [-0.39, 0.29) is 11.6 Å². The van der Waals surface area contributed by atoms with Crippen molar-refractivity contribution in [1.29, 1.82) is 0 Å². The fourth-order valence-corrected chi connectivity index (χ4v) is 3.74. The second-order valence-corrected chi connectivity index (χ2v) is 6.45. The molecule has 6 nitrogen and oxygen atoms in total. The minimum Gasteiger partial charge on any atom is -0.394 e. The van der Waals surface area contributed by atoms with E-state index in [4.69, 9.17) is 0 Å². The molecule has 1 aromatic rings. The Morgan fingerprint density at radius 3 is 2.67 bits per heavy atom. The number of sulfonamides is 1. The van der Waals surface area contributed by atoms with Crippen LogP contribution in [0.15, 0.2) is 11.2 Å². The molecule has 18 heavy (non-hydrogen) atoms. The molecule has 1 saturated carbocycles. The number of H-pyrrole nitrogens is 1. The zero-order valence-electron chi connectivity index (χ0n) is 10.4. The summed E-state index contributed by atoms with van der Waals surface area (Å²) in [6.07, 6.45) is 5.20. The first-order valence-electron chi connectivity index (χ1n) is 6.20. The molecule has 0 radical (unpaired) electrons. The molecule has 1 heterocycles. The predicted octanol–water partition coefficient (Wildman–Crippen LogP) is 0.555. The van der Waals surface area contributed by atoms with Crippen molar-refractivity contribution in [2.45, 2.75) is 49.6 Å². The number of hydrogen-bond acceptors (Lipinski definition) is 4. The summed E-state index contributed by atoms with van der Waals surface area (Å²) in [6, 6.07) is 0. The van der Waals surface area contributed by atoms with Gasteiger partial charge in [0.1, 0.15) is 5.82 Å². The monoisotopic (exact) mass is 273 g/mol. The van der Waals surface area contributed by atoms with Crippen molar-refractivity contribution in [3.8, 4) is 0 Å². The number of nitrogens with zero attached hydrogens (tertiary/aromatic N) is 1. The molecular formula is C11H19N3O3S. The smallest absolute Gasteiger partial charge is 0.258 e. The maximum Gasteiger partial charge on any atom is 0.258 e. The average Bonchev–Trinajstić information content (AvgIpc) is 2.97. The normalized spacial score (nSPS) is 19.2. The van der Waals surface area contributed by atoms with E-state index in [1.165, 1.54) is 6.20 Å². The molecule has 0 bridgehead atoms. The highest BCUT2D eigenvalue weighted by Crippen LogP contribution is 2.30. The number of aliphatic hydroxyl groups is 1. The van der Waals surface area contributed by atoms with Crippen LogP contribution in [0.5, 0.6) is 0 Å². The van der Waals surface area contributed by atoms with Crippen molar-refractivity contribution >= 4 is 10.0 Å². The number of aryl methyl sites for hydroxylation is 1. The lowest BCUT2D eigenvalue weighted by atomic mass is 10.0. The number of rotatable bonds is 5. The number of aromatic amines is 1. The maximum absolute atomic E-state index is 12.2. The summed E-state index contributed by atoms with van der Waals surface area (Å²) in [6.45, 7) is 1.73. The van der Waals surface area contributed by atoms with Gasteiger partial charge in [-0.15, -0.1) is 0 Å². The summed E-state index contributed by atoms with van der Waals surface area (Å²) >= 11 is 0. The third-order valence-electron chi connectivity index (χ3n) is 3.44. The van der Waals surface area contributed by atoms with Crippen molar-refractivity contribution in [1.82, 2.24) is 14.7 Å². The van der Waals surface area contributed by atoms with Crippen LogP contribution >= 0.6 is 0 Å². The molecule has 1 aliphatic rings. The highest BCUT2D eigenvalue weighted by molar-refractivity contribution is 7.89. The van der Waals surface area contributed by atoms with E-state index >= 15 is 0 Å². The number of hydrogen-bond donors (Lipinski definition) is 3. The lowest BCUT2D eigenvalue weighted by Gasteiger charge is -2.26. The van der Waals surface area contributed by atoms with Crippen molar-refractivity contribution < 1.29 is 13.5 Å². The van der Waals surface area contributed by atoms with Crippen LogP contribution in [-0.4, -0.2) is 35.6 Å². The van der Waals surface area contributed by atoms with E-state index in [9.17, 15) is 13.5 Å². The van der Waals surface area contributed by atoms with Crippen LogP contribution in [0.3, 0.4) is 0 Å². The molecule has 1 aromatic heterocycles. The van der Waals surface area contributed by atoms with Gasteiger partial charge in [-0.05, 0) is 12.8 Å². The fraction of sp³-hybridized carbons (Fsp3) is 0.727. The minimum absolute atomic E-state index is 0.0686. The Labute approximate surface area is 107 Å². The minimum atomic E-state index is -3.63. The van der Waals surface area contributed by atoms with Gasteiger partial charge in [0.05, 0.1) is 18.3 Å². The number of aliphatic hydroxyl groups excluding tert-OH is 1. The van der Waals surface area contributed by atoms with Crippen LogP contribution in [0, 0.1) is 0 Å². The van der Waals surface area contributed by atoms with Crippen LogP contribution < -0.4 is 4.72 Å². The van der Waals surface area contributed by atoms with E-state index in [0.717, 1.165) is 12.8 Å². The van der Waals surface area contributed by atoms with Crippen LogP contribution in [0.2, 0.25) is 0 Å². The predicted molar refractivity (Wildman–Crippen MR) is 66.6 cm³/mol. The van der Waals surface area contributed by atoms with Gasteiger partial charge in [0, 0.05) is 6.42 Å². The van der Waals surface area contributed by atoms with Crippen LogP contribution in [0.25, 0.3) is 0 Å². The molecule has 0 unspecified atom stereocenters. The van der Waals surface area contributed by atoms with E-state index < -0.39 is 15.6 Å². The largest absolute Gasteiger partial charge is 0.394 e. The molecule has 0 spiro atoms. The lowest BCUT2D eigenvalue weighted by molar-refractivity contribution is 0.185. The van der Waals surface area contributed by atoms with Crippen LogP contribution in [-0.2, 0) is 16.4 Å². The zero-order valence-corrected chi connectivity index (χ0v) is 11.3. The van der Waals surface area contributed by atoms with Gasteiger partial charge in [0.25, 0.3) is 10.0 Å². The third kappa shape index (κ3) is 2.57. The Morgan fingerprint density at radius 2 is 2.17 bits per heavy atom. The van der Waals surface area contributed by atoms with Gasteiger partial charge in [0.2, 0.25) is 0 Å². The van der Waals surface area contributed by atoms with Crippen molar-refractivity contribution in [3.63, 3.8) is 0 Å². The van der Waals surface area contributed by atoms with Gasteiger partial charge in [0.15, 0.2) is 5.03 Å². The molecular weight excluding hydrogens is 254 g/mol. The Morgan fingerprint density at radius 1 is 1.50 bits per heavy atom. The first kappa shape index (κ1) is 13.5. The Balaban J connectivity index is 2.21. The molecule has 0 aromatic carbocycles. The standard InChI is InChI=1S/C11H19N3O3S/c1-2-9-12-7-10(13-9)18(16,17)14-11(8-15)5-3-4-6-11/h7,14-15H,2-6,8H2,1H3,(H,12,13). The quantitative estimate of drug-likeness (QED) is 0.730. The molecule has 0 saturated heterocycles. The molecule has 0 aliphatic heterocycles. The van der Waals surface area contributed by atoms with Crippen molar-refractivity contribution in [2.24, 2.45) is 0 Å². The van der Waals surface area contributed by atoms with Gasteiger partial charge in [-0.2, -0.15) is 0 Å². The van der Waals surface area contributed by atoms with Crippen LogP contribution in [0.4, 0.5) is 0 Å². The van der Waals surface area contributed by atoms with Gasteiger partial charge >= 0.3 is 0 Å². The van der Waals surface area contributed by atoms with Crippen molar-refractivity contribution in [3.05, 3.63) is 12.0 Å². The Hall–Kier alpha value is -0.920. The van der Waals surface area contributed by atoms with Crippen molar-refractivity contribution in [2.75, 3.05) is 6.61 Å². The molecule has 1 aliphatic carbocycles. The summed E-state index contributed by atoms with van der Waals surface area (Å²) in [7, 11) is -3.63. The average molecular weight is 273 g/mol. The SMILES string of the molecule is CCc1ncc(S(=O)(=O)NC2(CO)CCCC2)[nH]1. The second-order valence-electron chi connectivity index (χ2n) is 4.80. The maximum atomic E-state index is 12.2. The summed E-state index contributed by atoms with van der Waals surface area (Å²) < 4.78 is 27.0. The van der Waals surface area contributed by atoms with Gasteiger partial charge in [-0.3, -0.25) is 0 Å². The molecule has 0 atom stereocenters. The second kappa shape index (κ2) is 4.99. The molecule has 1 fully saturated rings. The number of imidazole rings is 1. The van der Waals surface area contributed by atoms with E-state index in [2.05, 4.69) is 14.7 Å². The van der Waals surface area contributed by atoms with Gasteiger partial charge < -0.3 is 10.1 Å². The highest BCUT2D eigenvalue weighted by Gasteiger charge is 2.37. The summed E-state index contributed by atoms with van der Waals surface area (Å²) in [4.78, 5) is 6.76. The molecule has 102 valence electrons. The number of nitrogens with one attached hydrogen (secondary N) is 2. The molecule has 2 rings (SSSR count). The molecule has 7 heteroatoms. The van der Waals surface area contributed by atoms with Gasteiger partial charge in [-0.25, -0.2) is 18.1 Å². The first-order valence-corrected chi connectivity index (χ1v) is 7.68. The van der Waals surface area contributed by atoms with E-state index in [1.807, 2.05) is 6.92 Å². The van der Waals surface area contributed by atoms with E-state index in [0.29, 0.717) is 25.1 Å². The Bertz CT molecular complexity index is 503. The third-order valence-corrected chi connectivity index (χ3v) is 4.93. The zero-order chi connectivity index (χ0) is 13.2. The highest BCUT2D eigenvalue weighted by atomic mass is 32.2. The topological polar surface area (TPSA) is 95.1 Å². The molecule has 3 N–H and O–H groups in total.